The number of hydrogen-bond donors (Lipinski definition) is 1. The number of aromatic nitrogens is 3. The summed E-state index contributed by atoms with van der Waals surface area (Å²) < 4.78 is 39.6. The van der Waals surface area contributed by atoms with Gasteiger partial charge in [0.25, 0.3) is 0 Å². The molecule has 0 amide bonds. The highest BCUT2D eigenvalue weighted by molar-refractivity contribution is 7.11. The predicted molar refractivity (Wildman–Crippen MR) is 70.6 cm³/mol. The fourth-order valence-corrected chi connectivity index (χ4v) is 2.88. The van der Waals surface area contributed by atoms with Crippen molar-refractivity contribution in [1.29, 1.82) is 0 Å². The molecule has 2 rings (SSSR count). The summed E-state index contributed by atoms with van der Waals surface area (Å²) in [6.45, 7) is 4.39. The first-order valence-corrected chi connectivity index (χ1v) is 6.91. The number of aryl methyl sites for hydroxylation is 2. The molecule has 0 spiro atoms. The van der Waals surface area contributed by atoms with E-state index in [0.717, 1.165) is 11.4 Å². The van der Waals surface area contributed by atoms with E-state index in [-0.39, 0.29) is 6.04 Å². The molecule has 2 heterocycles. The molecule has 0 saturated carbocycles. The molecule has 0 fully saturated rings. The van der Waals surface area contributed by atoms with Gasteiger partial charge in [-0.15, -0.1) is 11.3 Å². The Morgan fingerprint density at radius 2 is 2.15 bits per heavy atom. The third kappa shape index (κ3) is 3.01. The van der Waals surface area contributed by atoms with Crippen molar-refractivity contribution in [3.05, 3.63) is 33.5 Å². The van der Waals surface area contributed by atoms with Crippen LogP contribution in [0.3, 0.4) is 0 Å². The van der Waals surface area contributed by atoms with Crippen LogP contribution < -0.4 is 5.32 Å². The number of alkyl halides is 3. The first-order valence-electron chi connectivity index (χ1n) is 6.09. The minimum absolute atomic E-state index is 0.334. The van der Waals surface area contributed by atoms with Crippen LogP contribution in [-0.4, -0.2) is 21.3 Å². The number of halogens is 3. The highest BCUT2D eigenvalue weighted by Gasteiger charge is 2.35. The summed E-state index contributed by atoms with van der Waals surface area (Å²) in [5.41, 5.74) is 1.65. The summed E-state index contributed by atoms with van der Waals surface area (Å²) >= 11 is 0.661. The van der Waals surface area contributed by atoms with Gasteiger partial charge in [0.2, 0.25) is 0 Å². The van der Waals surface area contributed by atoms with E-state index in [9.17, 15) is 13.2 Å². The summed E-state index contributed by atoms with van der Waals surface area (Å²) in [7, 11) is 1.78. The molecule has 0 aliphatic rings. The maximum atomic E-state index is 12.6. The Labute approximate surface area is 118 Å². The van der Waals surface area contributed by atoms with E-state index in [2.05, 4.69) is 15.4 Å². The maximum Gasteiger partial charge on any atom is 0.443 e. The normalized spacial score (nSPS) is 13.7. The van der Waals surface area contributed by atoms with Crippen molar-refractivity contribution in [3.8, 4) is 0 Å². The molecular formula is C12H15F3N4S. The van der Waals surface area contributed by atoms with Crippen LogP contribution in [0.4, 0.5) is 13.2 Å². The summed E-state index contributed by atoms with van der Waals surface area (Å²) in [6.07, 6.45) is -3.12. The Hall–Kier alpha value is -1.41. The number of rotatable bonds is 4. The standard InChI is InChI=1S/C12H15F3N4S/c1-4-16-10(8-5-7(2)18-19(8)3)9-6-17-11(20-9)12(13,14)15/h5-6,10,16H,4H2,1-3H3. The van der Waals surface area contributed by atoms with E-state index in [4.69, 9.17) is 0 Å². The molecular weight excluding hydrogens is 289 g/mol. The van der Waals surface area contributed by atoms with Crippen LogP contribution in [0.1, 0.15) is 34.2 Å². The first kappa shape index (κ1) is 15.0. The van der Waals surface area contributed by atoms with Gasteiger partial charge in [0.05, 0.1) is 17.4 Å². The molecule has 0 aliphatic carbocycles. The third-order valence-corrected chi connectivity index (χ3v) is 3.90. The van der Waals surface area contributed by atoms with Gasteiger partial charge in [0, 0.05) is 18.1 Å². The van der Waals surface area contributed by atoms with Crippen LogP contribution in [0.5, 0.6) is 0 Å². The summed E-state index contributed by atoms with van der Waals surface area (Å²) in [4.78, 5) is 4.01. The Bertz CT molecular complexity index is 588. The predicted octanol–water partition coefficient (Wildman–Crippen LogP) is 2.90. The van der Waals surface area contributed by atoms with Gasteiger partial charge in [-0.1, -0.05) is 6.92 Å². The zero-order valence-corrected chi connectivity index (χ0v) is 12.1. The topological polar surface area (TPSA) is 42.7 Å². The zero-order chi connectivity index (χ0) is 14.9. The van der Waals surface area contributed by atoms with Crippen LogP contribution in [0, 0.1) is 6.92 Å². The molecule has 1 N–H and O–H groups in total. The molecule has 0 radical (unpaired) electrons. The summed E-state index contributed by atoms with van der Waals surface area (Å²) in [5, 5.41) is 6.59. The second kappa shape index (κ2) is 5.53. The van der Waals surface area contributed by atoms with Crippen molar-refractivity contribution in [2.24, 2.45) is 7.05 Å². The van der Waals surface area contributed by atoms with Gasteiger partial charge in [-0.25, -0.2) is 4.98 Å². The third-order valence-electron chi connectivity index (χ3n) is 2.79. The van der Waals surface area contributed by atoms with Crippen LogP contribution in [-0.2, 0) is 13.2 Å². The van der Waals surface area contributed by atoms with E-state index in [1.807, 2.05) is 19.9 Å². The van der Waals surface area contributed by atoms with Gasteiger partial charge < -0.3 is 5.32 Å². The largest absolute Gasteiger partial charge is 0.443 e. The fourth-order valence-electron chi connectivity index (χ4n) is 2.01. The van der Waals surface area contributed by atoms with Crippen molar-refractivity contribution in [3.63, 3.8) is 0 Å². The second-order valence-corrected chi connectivity index (χ2v) is 5.45. The highest BCUT2D eigenvalue weighted by Crippen LogP contribution is 2.35. The lowest BCUT2D eigenvalue weighted by Crippen LogP contribution is -2.23. The van der Waals surface area contributed by atoms with E-state index in [0.29, 0.717) is 22.8 Å². The summed E-state index contributed by atoms with van der Waals surface area (Å²) in [6, 6.07) is 1.53. The van der Waals surface area contributed by atoms with Crippen molar-refractivity contribution in [1.82, 2.24) is 20.1 Å². The van der Waals surface area contributed by atoms with Crippen LogP contribution in [0.25, 0.3) is 0 Å². The number of nitrogens with zero attached hydrogens (tertiary/aromatic N) is 3. The number of hydrogen-bond acceptors (Lipinski definition) is 4. The minimum atomic E-state index is -4.40. The van der Waals surface area contributed by atoms with Crippen LogP contribution >= 0.6 is 11.3 Å². The van der Waals surface area contributed by atoms with Gasteiger partial charge in [-0.2, -0.15) is 18.3 Å². The smallest absolute Gasteiger partial charge is 0.305 e. The van der Waals surface area contributed by atoms with Crippen molar-refractivity contribution in [2.45, 2.75) is 26.1 Å². The lowest BCUT2D eigenvalue weighted by Gasteiger charge is -2.16. The Morgan fingerprint density at radius 1 is 1.45 bits per heavy atom. The Kier molecular flexibility index (Phi) is 4.14. The molecule has 4 nitrogen and oxygen atoms in total. The average Bonchev–Trinajstić information content (AvgIpc) is 2.92. The molecule has 0 bridgehead atoms. The van der Waals surface area contributed by atoms with E-state index in [1.54, 1.807) is 11.7 Å². The van der Waals surface area contributed by atoms with E-state index < -0.39 is 11.2 Å². The molecule has 1 unspecified atom stereocenters. The van der Waals surface area contributed by atoms with Crippen LogP contribution in [0.15, 0.2) is 12.3 Å². The molecule has 2 aromatic rings. The SMILES string of the molecule is CCNC(c1cnc(C(F)(F)F)s1)c1cc(C)nn1C. The Morgan fingerprint density at radius 3 is 2.60 bits per heavy atom. The van der Waals surface area contributed by atoms with Crippen molar-refractivity contribution < 1.29 is 13.2 Å². The Balaban J connectivity index is 2.39. The van der Waals surface area contributed by atoms with Crippen LogP contribution in [0.2, 0.25) is 0 Å². The maximum absolute atomic E-state index is 12.6. The first-order chi connectivity index (χ1) is 9.32. The molecule has 0 aromatic carbocycles. The monoisotopic (exact) mass is 304 g/mol. The second-order valence-electron chi connectivity index (χ2n) is 4.39. The molecule has 8 heteroatoms. The van der Waals surface area contributed by atoms with E-state index in [1.165, 1.54) is 6.20 Å². The molecule has 110 valence electrons. The van der Waals surface area contributed by atoms with E-state index >= 15 is 0 Å². The van der Waals surface area contributed by atoms with Crippen molar-refractivity contribution >= 4 is 11.3 Å². The lowest BCUT2D eigenvalue weighted by atomic mass is 10.1. The fraction of sp³-hybridized carbons (Fsp3) is 0.500. The molecule has 20 heavy (non-hydrogen) atoms. The van der Waals surface area contributed by atoms with Gasteiger partial charge in [0.1, 0.15) is 0 Å². The number of nitrogens with one attached hydrogen (secondary N) is 1. The van der Waals surface area contributed by atoms with Gasteiger partial charge >= 0.3 is 6.18 Å². The minimum Gasteiger partial charge on any atom is -0.305 e. The number of thiazole rings is 1. The van der Waals surface area contributed by atoms with Crippen molar-refractivity contribution in [2.75, 3.05) is 6.54 Å². The molecule has 0 saturated heterocycles. The highest BCUT2D eigenvalue weighted by atomic mass is 32.1. The van der Waals surface area contributed by atoms with Gasteiger partial charge in [-0.3, -0.25) is 4.68 Å². The zero-order valence-electron chi connectivity index (χ0n) is 11.3. The lowest BCUT2D eigenvalue weighted by molar-refractivity contribution is -0.137. The van der Waals surface area contributed by atoms with Gasteiger partial charge in [0.15, 0.2) is 5.01 Å². The molecule has 0 aliphatic heterocycles. The molecule has 1 atom stereocenters. The summed E-state index contributed by atoms with van der Waals surface area (Å²) in [5.74, 6) is 0. The van der Waals surface area contributed by atoms with Gasteiger partial charge in [-0.05, 0) is 19.5 Å². The molecule has 2 aromatic heterocycles. The quantitative estimate of drug-likeness (QED) is 0.944. The average molecular weight is 304 g/mol.